The number of hydrogen-bond donors (Lipinski definition) is 2. The summed E-state index contributed by atoms with van der Waals surface area (Å²) in [4.78, 5) is 24.4. The summed E-state index contributed by atoms with van der Waals surface area (Å²) in [5, 5.41) is 5.41. The van der Waals surface area contributed by atoms with Gasteiger partial charge in [-0.2, -0.15) is 0 Å². The van der Waals surface area contributed by atoms with Crippen LogP contribution >= 0.6 is 0 Å². The van der Waals surface area contributed by atoms with Gasteiger partial charge in [-0.1, -0.05) is 32.9 Å². The van der Waals surface area contributed by atoms with Crippen molar-refractivity contribution in [2.24, 2.45) is 0 Å². The predicted molar refractivity (Wildman–Crippen MR) is 115 cm³/mol. The molecule has 0 heterocycles. The molecular weight excluding hydrogens is 384 g/mol. The first-order valence-corrected chi connectivity index (χ1v) is 9.64. The molecule has 0 bridgehead atoms. The summed E-state index contributed by atoms with van der Waals surface area (Å²) in [7, 11) is 4.59. The Morgan fingerprint density at radius 3 is 1.90 bits per heavy atom. The monoisotopic (exact) mass is 414 g/mol. The van der Waals surface area contributed by atoms with Crippen molar-refractivity contribution >= 4 is 11.8 Å². The molecule has 2 N–H and O–H groups in total. The van der Waals surface area contributed by atoms with Crippen molar-refractivity contribution in [2.75, 3.05) is 27.9 Å². The second-order valence-corrected chi connectivity index (χ2v) is 7.82. The lowest BCUT2D eigenvalue weighted by Crippen LogP contribution is -2.36. The molecule has 7 nitrogen and oxygen atoms in total. The third kappa shape index (κ3) is 5.89. The number of ether oxygens (including phenoxy) is 3. The number of methoxy groups -OCH3 is 3. The van der Waals surface area contributed by atoms with Crippen molar-refractivity contribution in [3.05, 3.63) is 53.1 Å². The van der Waals surface area contributed by atoms with Crippen molar-refractivity contribution in [1.29, 1.82) is 0 Å². The van der Waals surface area contributed by atoms with Gasteiger partial charge in [-0.3, -0.25) is 9.59 Å². The Labute approximate surface area is 177 Å². The van der Waals surface area contributed by atoms with Crippen LogP contribution in [-0.4, -0.2) is 39.7 Å². The lowest BCUT2D eigenvalue weighted by molar-refractivity contribution is -0.120. The van der Waals surface area contributed by atoms with Gasteiger partial charge in [0.15, 0.2) is 11.5 Å². The number of benzene rings is 2. The molecule has 2 aromatic rings. The Bertz CT molecular complexity index is 860. The number of hydrogen-bond acceptors (Lipinski definition) is 5. The Balaban J connectivity index is 1.91. The van der Waals surface area contributed by atoms with Crippen LogP contribution in [0.25, 0.3) is 0 Å². The number of carbonyl (C=O) groups excluding carboxylic acids is 2. The molecular formula is C23H30N2O5. The van der Waals surface area contributed by atoms with E-state index < -0.39 is 0 Å². The molecule has 2 amide bonds. The summed E-state index contributed by atoms with van der Waals surface area (Å²) in [5.74, 6) is 0.905. The standard InChI is InChI=1S/C23H30N2O5/c1-23(2,3)17-9-7-16(8-10-17)22(27)25-14-20(26)24-13-15-11-18(28-4)21(30-6)19(12-15)29-5/h7-12H,13-14H2,1-6H3,(H,24,26)(H,25,27). The molecule has 0 aliphatic carbocycles. The molecule has 0 saturated heterocycles. The van der Waals surface area contributed by atoms with Gasteiger partial charge in [0.05, 0.1) is 27.9 Å². The van der Waals surface area contributed by atoms with Gasteiger partial charge in [-0.05, 0) is 40.8 Å². The third-order valence-electron chi connectivity index (χ3n) is 4.64. The summed E-state index contributed by atoms with van der Waals surface area (Å²) >= 11 is 0. The van der Waals surface area contributed by atoms with E-state index in [2.05, 4.69) is 31.4 Å². The summed E-state index contributed by atoms with van der Waals surface area (Å²) in [6.07, 6.45) is 0. The maximum Gasteiger partial charge on any atom is 0.251 e. The van der Waals surface area contributed by atoms with E-state index in [0.717, 1.165) is 11.1 Å². The van der Waals surface area contributed by atoms with Gasteiger partial charge in [0, 0.05) is 12.1 Å². The minimum atomic E-state index is -0.302. The molecule has 0 aliphatic heterocycles. The molecule has 2 rings (SSSR count). The van der Waals surface area contributed by atoms with Crippen molar-refractivity contribution in [3.63, 3.8) is 0 Å². The predicted octanol–water partition coefficient (Wildman–Crippen LogP) is 3.06. The second-order valence-electron chi connectivity index (χ2n) is 7.82. The summed E-state index contributed by atoms with van der Waals surface area (Å²) < 4.78 is 15.9. The first-order valence-electron chi connectivity index (χ1n) is 9.64. The van der Waals surface area contributed by atoms with Crippen LogP contribution in [0, 0.1) is 0 Å². The van der Waals surface area contributed by atoms with Crippen molar-refractivity contribution < 1.29 is 23.8 Å². The molecule has 0 aromatic heterocycles. The van der Waals surface area contributed by atoms with E-state index in [0.29, 0.717) is 22.8 Å². The van der Waals surface area contributed by atoms with Gasteiger partial charge >= 0.3 is 0 Å². The molecule has 0 spiro atoms. The minimum absolute atomic E-state index is 0.0156. The first kappa shape index (κ1) is 23.1. The fourth-order valence-corrected chi connectivity index (χ4v) is 2.88. The molecule has 0 unspecified atom stereocenters. The number of amides is 2. The van der Waals surface area contributed by atoms with Crippen molar-refractivity contribution in [3.8, 4) is 17.2 Å². The Kier molecular flexibility index (Phi) is 7.69. The van der Waals surface area contributed by atoms with Crippen LogP contribution in [0.2, 0.25) is 0 Å². The molecule has 162 valence electrons. The van der Waals surface area contributed by atoms with E-state index in [1.807, 2.05) is 12.1 Å². The summed E-state index contributed by atoms with van der Waals surface area (Å²) in [6, 6.07) is 10.9. The van der Waals surface area contributed by atoms with E-state index in [4.69, 9.17) is 14.2 Å². The van der Waals surface area contributed by atoms with Gasteiger partial charge in [0.2, 0.25) is 11.7 Å². The molecule has 0 fully saturated rings. The highest BCUT2D eigenvalue weighted by molar-refractivity contribution is 5.96. The first-order chi connectivity index (χ1) is 14.2. The van der Waals surface area contributed by atoms with Crippen LogP contribution in [0.15, 0.2) is 36.4 Å². The normalized spacial score (nSPS) is 10.9. The quantitative estimate of drug-likeness (QED) is 0.693. The highest BCUT2D eigenvalue weighted by atomic mass is 16.5. The van der Waals surface area contributed by atoms with E-state index in [9.17, 15) is 9.59 Å². The van der Waals surface area contributed by atoms with Gasteiger partial charge in [-0.25, -0.2) is 0 Å². The molecule has 0 atom stereocenters. The highest BCUT2D eigenvalue weighted by Crippen LogP contribution is 2.38. The van der Waals surface area contributed by atoms with E-state index in [1.165, 1.54) is 21.3 Å². The van der Waals surface area contributed by atoms with Gasteiger partial charge in [0.1, 0.15) is 0 Å². The number of carbonyl (C=O) groups is 2. The fourth-order valence-electron chi connectivity index (χ4n) is 2.88. The molecule has 7 heteroatoms. The summed E-state index contributed by atoms with van der Waals surface area (Å²) in [5.41, 5.74) is 2.45. The highest BCUT2D eigenvalue weighted by Gasteiger charge is 2.16. The molecule has 30 heavy (non-hydrogen) atoms. The molecule has 0 saturated carbocycles. The third-order valence-corrected chi connectivity index (χ3v) is 4.64. The van der Waals surface area contributed by atoms with Crippen molar-refractivity contribution in [2.45, 2.75) is 32.7 Å². The Hall–Kier alpha value is -3.22. The van der Waals surface area contributed by atoms with Gasteiger partial charge in [-0.15, -0.1) is 0 Å². The summed E-state index contributed by atoms with van der Waals surface area (Å²) in [6.45, 7) is 6.47. The maximum atomic E-state index is 12.3. The average molecular weight is 415 g/mol. The SMILES string of the molecule is COc1cc(CNC(=O)CNC(=O)c2ccc(C(C)(C)C)cc2)cc(OC)c1OC. The fraction of sp³-hybridized carbons (Fsp3) is 0.391. The topological polar surface area (TPSA) is 85.9 Å². The molecule has 2 aromatic carbocycles. The van der Waals surface area contributed by atoms with E-state index in [-0.39, 0.29) is 30.3 Å². The second kappa shape index (κ2) is 10.0. The largest absolute Gasteiger partial charge is 0.493 e. The van der Waals surface area contributed by atoms with Crippen LogP contribution < -0.4 is 24.8 Å². The maximum absolute atomic E-state index is 12.3. The zero-order valence-corrected chi connectivity index (χ0v) is 18.4. The Morgan fingerprint density at radius 2 is 1.43 bits per heavy atom. The molecule has 0 radical (unpaired) electrons. The zero-order chi connectivity index (χ0) is 22.3. The smallest absolute Gasteiger partial charge is 0.251 e. The lowest BCUT2D eigenvalue weighted by atomic mass is 9.87. The van der Waals surface area contributed by atoms with Crippen LogP contribution in [0.4, 0.5) is 0 Å². The van der Waals surface area contributed by atoms with Crippen LogP contribution in [0.5, 0.6) is 17.2 Å². The van der Waals surface area contributed by atoms with Crippen LogP contribution in [0.3, 0.4) is 0 Å². The van der Waals surface area contributed by atoms with Crippen LogP contribution in [0.1, 0.15) is 42.3 Å². The van der Waals surface area contributed by atoms with E-state index in [1.54, 1.807) is 24.3 Å². The Morgan fingerprint density at radius 1 is 0.867 bits per heavy atom. The molecule has 0 aliphatic rings. The zero-order valence-electron chi connectivity index (χ0n) is 18.4. The van der Waals surface area contributed by atoms with Gasteiger partial charge in [0.25, 0.3) is 5.91 Å². The van der Waals surface area contributed by atoms with Crippen LogP contribution in [-0.2, 0) is 16.8 Å². The number of nitrogens with one attached hydrogen (secondary N) is 2. The average Bonchev–Trinajstić information content (AvgIpc) is 2.74. The minimum Gasteiger partial charge on any atom is -0.493 e. The number of rotatable bonds is 8. The van der Waals surface area contributed by atoms with Crippen molar-refractivity contribution in [1.82, 2.24) is 10.6 Å². The lowest BCUT2D eigenvalue weighted by Gasteiger charge is -2.19. The van der Waals surface area contributed by atoms with E-state index >= 15 is 0 Å². The van der Waals surface area contributed by atoms with Gasteiger partial charge < -0.3 is 24.8 Å².